The molecule has 13 heavy (non-hydrogen) atoms. The van der Waals surface area contributed by atoms with Gasteiger partial charge in [0, 0.05) is 6.20 Å². The van der Waals surface area contributed by atoms with E-state index in [0.717, 1.165) is 29.4 Å². The van der Waals surface area contributed by atoms with Crippen molar-refractivity contribution < 1.29 is 5.11 Å². The molecule has 0 saturated heterocycles. The van der Waals surface area contributed by atoms with Crippen LogP contribution in [0.25, 0.3) is 0 Å². The highest BCUT2D eigenvalue weighted by molar-refractivity contribution is 9.10. The molecule has 1 N–H and O–H groups in total. The lowest BCUT2D eigenvalue weighted by atomic mass is 9.80. The monoisotopic (exact) mass is 244 g/mol. The SMILES string of the molecule is Cc1nn(CC2(O)CCC2)cc1Br. The molecule has 0 atom stereocenters. The maximum Gasteiger partial charge on any atom is 0.0842 e. The van der Waals surface area contributed by atoms with Crippen LogP contribution in [0.3, 0.4) is 0 Å². The molecule has 0 amide bonds. The van der Waals surface area contributed by atoms with Crippen LogP contribution in [0.15, 0.2) is 10.7 Å². The van der Waals surface area contributed by atoms with Crippen molar-refractivity contribution in [1.29, 1.82) is 0 Å². The number of aromatic nitrogens is 2. The third-order valence-electron chi connectivity index (χ3n) is 2.63. The summed E-state index contributed by atoms with van der Waals surface area (Å²) in [6.07, 6.45) is 4.87. The number of hydrogen-bond donors (Lipinski definition) is 1. The Hall–Kier alpha value is -0.350. The van der Waals surface area contributed by atoms with Crippen LogP contribution >= 0.6 is 15.9 Å². The van der Waals surface area contributed by atoms with Gasteiger partial charge in [-0.15, -0.1) is 0 Å². The molecule has 0 aromatic carbocycles. The van der Waals surface area contributed by atoms with Gasteiger partial charge in [-0.1, -0.05) is 0 Å². The molecule has 2 rings (SSSR count). The second-order valence-electron chi connectivity index (χ2n) is 3.84. The first-order valence-electron chi connectivity index (χ1n) is 4.51. The lowest BCUT2D eigenvalue weighted by molar-refractivity contribution is -0.0498. The first-order valence-corrected chi connectivity index (χ1v) is 5.30. The fourth-order valence-electron chi connectivity index (χ4n) is 1.62. The van der Waals surface area contributed by atoms with Crippen molar-refractivity contribution in [2.75, 3.05) is 0 Å². The molecule has 1 fully saturated rings. The molecule has 0 spiro atoms. The van der Waals surface area contributed by atoms with Gasteiger partial charge in [0.05, 0.1) is 22.3 Å². The molecule has 1 aromatic heterocycles. The van der Waals surface area contributed by atoms with Gasteiger partial charge in [0.15, 0.2) is 0 Å². The van der Waals surface area contributed by atoms with Crippen LogP contribution in [0.4, 0.5) is 0 Å². The summed E-state index contributed by atoms with van der Waals surface area (Å²) in [7, 11) is 0. The second kappa shape index (κ2) is 3.10. The highest BCUT2D eigenvalue weighted by Crippen LogP contribution is 2.33. The van der Waals surface area contributed by atoms with E-state index in [9.17, 15) is 5.11 Å². The molecule has 0 unspecified atom stereocenters. The Kier molecular flexibility index (Phi) is 2.20. The summed E-state index contributed by atoms with van der Waals surface area (Å²) in [5.41, 5.74) is 0.487. The zero-order valence-corrected chi connectivity index (χ0v) is 9.21. The predicted molar refractivity (Wildman–Crippen MR) is 53.5 cm³/mol. The van der Waals surface area contributed by atoms with E-state index in [0.29, 0.717) is 6.54 Å². The normalized spacial score (nSPS) is 19.9. The van der Waals surface area contributed by atoms with Crippen molar-refractivity contribution in [3.8, 4) is 0 Å². The van der Waals surface area contributed by atoms with Gasteiger partial charge in [0.25, 0.3) is 0 Å². The van der Waals surface area contributed by atoms with Gasteiger partial charge in [-0.2, -0.15) is 5.10 Å². The maximum absolute atomic E-state index is 9.89. The molecule has 1 aliphatic rings. The minimum atomic E-state index is -0.488. The minimum Gasteiger partial charge on any atom is -0.388 e. The van der Waals surface area contributed by atoms with E-state index in [2.05, 4.69) is 21.0 Å². The summed E-state index contributed by atoms with van der Waals surface area (Å²) < 4.78 is 2.83. The lowest BCUT2D eigenvalue weighted by Crippen LogP contribution is -2.41. The van der Waals surface area contributed by atoms with Crippen molar-refractivity contribution in [2.45, 2.75) is 38.3 Å². The second-order valence-corrected chi connectivity index (χ2v) is 4.69. The van der Waals surface area contributed by atoms with Gasteiger partial charge >= 0.3 is 0 Å². The van der Waals surface area contributed by atoms with Crippen LogP contribution in [-0.4, -0.2) is 20.5 Å². The van der Waals surface area contributed by atoms with E-state index in [1.165, 1.54) is 0 Å². The Morgan fingerprint density at radius 1 is 1.69 bits per heavy atom. The third-order valence-corrected chi connectivity index (χ3v) is 3.41. The molecule has 72 valence electrons. The standard InChI is InChI=1S/C9H13BrN2O/c1-7-8(10)5-12(11-7)6-9(13)3-2-4-9/h5,13H,2-4,6H2,1H3. The Morgan fingerprint density at radius 3 is 2.77 bits per heavy atom. The molecule has 4 heteroatoms. The van der Waals surface area contributed by atoms with E-state index in [-0.39, 0.29) is 0 Å². The quantitative estimate of drug-likeness (QED) is 0.863. The van der Waals surface area contributed by atoms with Gasteiger partial charge in [0.2, 0.25) is 0 Å². The Labute approximate surface area is 85.9 Å². The van der Waals surface area contributed by atoms with E-state index in [1.807, 2.05) is 17.8 Å². The highest BCUT2D eigenvalue weighted by atomic mass is 79.9. The molecule has 0 radical (unpaired) electrons. The summed E-state index contributed by atoms with van der Waals surface area (Å²) >= 11 is 3.40. The number of rotatable bonds is 2. The van der Waals surface area contributed by atoms with Crippen molar-refractivity contribution in [1.82, 2.24) is 9.78 Å². The van der Waals surface area contributed by atoms with Gasteiger partial charge in [0.1, 0.15) is 0 Å². The molecule has 1 aliphatic carbocycles. The summed E-state index contributed by atoms with van der Waals surface area (Å²) in [6.45, 7) is 2.57. The van der Waals surface area contributed by atoms with Crippen molar-refractivity contribution in [3.05, 3.63) is 16.4 Å². The molecular weight excluding hydrogens is 232 g/mol. The molecule has 3 nitrogen and oxygen atoms in total. The van der Waals surface area contributed by atoms with Gasteiger partial charge < -0.3 is 5.11 Å². The van der Waals surface area contributed by atoms with Crippen LogP contribution in [0.2, 0.25) is 0 Å². The van der Waals surface area contributed by atoms with Gasteiger partial charge in [-0.25, -0.2) is 0 Å². The Morgan fingerprint density at radius 2 is 2.38 bits per heavy atom. The fourth-order valence-corrected chi connectivity index (χ4v) is 1.93. The molecule has 0 aliphatic heterocycles. The number of nitrogens with zero attached hydrogens (tertiary/aromatic N) is 2. The van der Waals surface area contributed by atoms with E-state index < -0.39 is 5.60 Å². The molecule has 0 bridgehead atoms. The summed E-state index contributed by atoms with van der Waals surface area (Å²) in [6, 6.07) is 0. The van der Waals surface area contributed by atoms with E-state index in [1.54, 1.807) is 0 Å². The van der Waals surface area contributed by atoms with E-state index in [4.69, 9.17) is 0 Å². The zero-order valence-electron chi connectivity index (χ0n) is 7.63. The Bertz CT molecular complexity index is 298. The van der Waals surface area contributed by atoms with Crippen LogP contribution in [-0.2, 0) is 6.54 Å². The molecule has 1 saturated carbocycles. The van der Waals surface area contributed by atoms with Crippen LogP contribution in [0.5, 0.6) is 0 Å². The smallest absolute Gasteiger partial charge is 0.0842 e. The molecular formula is C9H13BrN2O. The van der Waals surface area contributed by atoms with Crippen molar-refractivity contribution in [2.24, 2.45) is 0 Å². The number of hydrogen-bond acceptors (Lipinski definition) is 2. The summed E-state index contributed by atoms with van der Waals surface area (Å²) in [5, 5.41) is 14.2. The minimum absolute atomic E-state index is 0.488. The van der Waals surface area contributed by atoms with Crippen molar-refractivity contribution in [3.63, 3.8) is 0 Å². The van der Waals surface area contributed by atoms with Crippen LogP contribution in [0.1, 0.15) is 25.0 Å². The predicted octanol–water partition coefficient (Wildman–Crippen LogP) is 1.87. The lowest BCUT2D eigenvalue weighted by Gasteiger charge is -2.36. The number of aliphatic hydroxyl groups is 1. The maximum atomic E-state index is 9.89. The number of halogens is 1. The Balaban J connectivity index is 2.09. The summed E-state index contributed by atoms with van der Waals surface area (Å²) in [4.78, 5) is 0. The van der Waals surface area contributed by atoms with Gasteiger partial charge in [-0.3, -0.25) is 4.68 Å². The number of aryl methyl sites for hydroxylation is 1. The first-order chi connectivity index (χ1) is 6.09. The topological polar surface area (TPSA) is 38.0 Å². The average molecular weight is 245 g/mol. The fraction of sp³-hybridized carbons (Fsp3) is 0.667. The van der Waals surface area contributed by atoms with Crippen molar-refractivity contribution >= 4 is 15.9 Å². The third kappa shape index (κ3) is 1.79. The van der Waals surface area contributed by atoms with Gasteiger partial charge in [-0.05, 0) is 42.1 Å². The largest absolute Gasteiger partial charge is 0.388 e. The van der Waals surface area contributed by atoms with E-state index >= 15 is 0 Å². The van der Waals surface area contributed by atoms with Crippen LogP contribution < -0.4 is 0 Å². The van der Waals surface area contributed by atoms with Crippen LogP contribution in [0, 0.1) is 6.92 Å². The first kappa shape index (κ1) is 9.21. The highest BCUT2D eigenvalue weighted by Gasteiger charge is 2.34. The molecule has 1 heterocycles. The molecule has 1 aromatic rings. The zero-order chi connectivity index (χ0) is 9.47. The summed E-state index contributed by atoms with van der Waals surface area (Å²) in [5.74, 6) is 0. The average Bonchev–Trinajstić information content (AvgIpc) is 2.28.